The van der Waals surface area contributed by atoms with Gasteiger partial charge >= 0.3 is 0 Å². The second-order valence-electron chi connectivity index (χ2n) is 4.86. The molecule has 0 saturated heterocycles. The molecule has 0 spiro atoms. The number of aryl methyl sites for hydroxylation is 1. The van der Waals surface area contributed by atoms with Gasteiger partial charge in [0.1, 0.15) is 5.75 Å². The highest BCUT2D eigenvalue weighted by Crippen LogP contribution is 2.18. The number of nitrogens with one attached hydrogen (secondary N) is 2. The molecular weight excluding hydrogens is 316 g/mol. The summed E-state index contributed by atoms with van der Waals surface area (Å²) in [4.78, 5) is 34.5. The number of carbonyl (C=O) groups is 1. The third-order valence-electron chi connectivity index (χ3n) is 2.97. The van der Waals surface area contributed by atoms with Crippen LogP contribution in [0.15, 0.2) is 34.3 Å². The highest BCUT2D eigenvalue weighted by Gasteiger charge is 2.16. The molecular formula is C15H18N4O3S. The quantitative estimate of drug-likeness (QED) is 0.610. The smallest absolute Gasteiger partial charge is 0.251 e. The molecule has 0 aliphatic rings. The number of pyridine rings is 1. The zero-order chi connectivity index (χ0) is 16.8. The van der Waals surface area contributed by atoms with Crippen molar-refractivity contribution in [3.8, 4) is 5.75 Å². The fourth-order valence-corrected chi connectivity index (χ4v) is 2.71. The van der Waals surface area contributed by atoms with Gasteiger partial charge in [-0.3, -0.25) is 14.6 Å². The predicted molar refractivity (Wildman–Crippen MR) is 87.5 cm³/mol. The lowest BCUT2D eigenvalue weighted by Gasteiger charge is -2.11. The lowest BCUT2D eigenvalue weighted by atomic mass is 10.3. The van der Waals surface area contributed by atoms with Crippen LogP contribution in [0.25, 0.3) is 0 Å². The van der Waals surface area contributed by atoms with Crippen LogP contribution in [0.4, 0.5) is 0 Å². The first-order chi connectivity index (χ1) is 11.0. The van der Waals surface area contributed by atoms with Crippen LogP contribution in [0, 0.1) is 6.92 Å². The Hall–Kier alpha value is -2.35. The molecule has 1 amide bonds. The van der Waals surface area contributed by atoms with E-state index in [1.165, 1.54) is 17.8 Å². The fourth-order valence-electron chi connectivity index (χ4n) is 1.83. The lowest BCUT2D eigenvalue weighted by Crippen LogP contribution is -2.31. The van der Waals surface area contributed by atoms with E-state index in [0.29, 0.717) is 28.8 Å². The maximum absolute atomic E-state index is 12.1. The molecule has 0 bridgehead atoms. The van der Waals surface area contributed by atoms with Crippen LogP contribution in [0.1, 0.15) is 18.3 Å². The molecule has 7 nitrogen and oxygen atoms in total. The van der Waals surface area contributed by atoms with Crippen molar-refractivity contribution in [1.29, 1.82) is 0 Å². The van der Waals surface area contributed by atoms with Crippen LogP contribution >= 0.6 is 11.8 Å². The zero-order valence-electron chi connectivity index (χ0n) is 13.1. The van der Waals surface area contributed by atoms with Crippen LogP contribution in [0.5, 0.6) is 5.75 Å². The summed E-state index contributed by atoms with van der Waals surface area (Å²) in [5, 5.41) is 2.83. The molecule has 0 saturated carbocycles. The standard InChI is InChI=1S/C15H18N4O3S/c1-9-6-13(20)19-15(18-9)23-10(2)14(21)17-8-11-7-12(22-3)4-5-16-11/h4-7,10H,8H2,1-3H3,(H,17,21)(H,18,19,20)/t10-/m0/s1. The molecule has 122 valence electrons. The minimum Gasteiger partial charge on any atom is -0.497 e. The van der Waals surface area contributed by atoms with Gasteiger partial charge in [-0.05, 0) is 19.9 Å². The van der Waals surface area contributed by atoms with Crippen molar-refractivity contribution in [1.82, 2.24) is 20.3 Å². The number of aromatic nitrogens is 3. The van der Waals surface area contributed by atoms with Gasteiger partial charge < -0.3 is 15.0 Å². The first-order valence-corrected chi connectivity index (χ1v) is 7.87. The van der Waals surface area contributed by atoms with Crippen LogP contribution in [-0.4, -0.2) is 33.2 Å². The molecule has 2 heterocycles. The van der Waals surface area contributed by atoms with E-state index < -0.39 is 5.25 Å². The summed E-state index contributed by atoms with van der Waals surface area (Å²) in [5.74, 6) is 0.525. The summed E-state index contributed by atoms with van der Waals surface area (Å²) in [5.41, 5.74) is 1.09. The van der Waals surface area contributed by atoms with Gasteiger partial charge in [-0.2, -0.15) is 0 Å². The Labute approximate surface area is 137 Å². The molecule has 23 heavy (non-hydrogen) atoms. The predicted octanol–water partition coefficient (Wildman–Crippen LogP) is 1.28. The molecule has 8 heteroatoms. The van der Waals surface area contributed by atoms with E-state index in [4.69, 9.17) is 4.74 Å². The first kappa shape index (κ1) is 17.0. The molecule has 0 fully saturated rings. The zero-order valence-corrected chi connectivity index (χ0v) is 13.9. The number of nitrogens with zero attached hydrogens (tertiary/aromatic N) is 2. The average molecular weight is 334 g/mol. The Morgan fingerprint density at radius 3 is 2.96 bits per heavy atom. The van der Waals surface area contributed by atoms with Gasteiger partial charge in [0.2, 0.25) is 5.91 Å². The molecule has 2 aromatic heterocycles. The van der Waals surface area contributed by atoms with E-state index in [1.54, 1.807) is 39.3 Å². The van der Waals surface area contributed by atoms with Crippen LogP contribution in [0.2, 0.25) is 0 Å². The molecule has 0 aromatic carbocycles. The number of H-pyrrole nitrogens is 1. The lowest BCUT2D eigenvalue weighted by molar-refractivity contribution is -0.120. The highest BCUT2D eigenvalue weighted by molar-refractivity contribution is 8.00. The maximum atomic E-state index is 12.1. The van der Waals surface area contributed by atoms with E-state index >= 15 is 0 Å². The third kappa shape index (κ3) is 5.10. The Bertz CT molecular complexity index is 747. The number of thioether (sulfide) groups is 1. The van der Waals surface area contributed by atoms with E-state index in [-0.39, 0.29) is 11.5 Å². The first-order valence-electron chi connectivity index (χ1n) is 6.99. The molecule has 0 aliphatic carbocycles. The number of rotatable bonds is 6. The molecule has 1 atom stereocenters. The second kappa shape index (κ2) is 7.77. The number of aromatic amines is 1. The van der Waals surface area contributed by atoms with Crippen molar-refractivity contribution in [2.24, 2.45) is 0 Å². The number of amides is 1. The van der Waals surface area contributed by atoms with E-state index in [1.807, 2.05) is 0 Å². The van der Waals surface area contributed by atoms with Gasteiger partial charge in [0.05, 0.1) is 24.6 Å². The summed E-state index contributed by atoms with van der Waals surface area (Å²) < 4.78 is 5.11. The Balaban J connectivity index is 1.93. The number of hydrogen-bond acceptors (Lipinski definition) is 6. The van der Waals surface area contributed by atoms with Crippen LogP contribution in [0.3, 0.4) is 0 Å². The number of ether oxygens (including phenoxy) is 1. The Morgan fingerprint density at radius 2 is 2.26 bits per heavy atom. The number of carbonyl (C=O) groups excluding carboxylic acids is 1. The minimum absolute atomic E-state index is 0.163. The molecule has 0 aliphatic heterocycles. The van der Waals surface area contributed by atoms with E-state index in [2.05, 4.69) is 20.3 Å². The summed E-state index contributed by atoms with van der Waals surface area (Å²) in [6.45, 7) is 3.79. The van der Waals surface area contributed by atoms with E-state index in [9.17, 15) is 9.59 Å². The topological polar surface area (TPSA) is 97.0 Å². The second-order valence-corrected chi connectivity index (χ2v) is 6.19. The monoisotopic (exact) mass is 334 g/mol. The van der Waals surface area contributed by atoms with Gasteiger partial charge in [0.15, 0.2) is 5.16 Å². The van der Waals surface area contributed by atoms with Gasteiger partial charge in [0, 0.05) is 24.0 Å². The van der Waals surface area contributed by atoms with Gasteiger partial charge in [-0.25, -0.2) is 4.98 Å². The number of hydrogen-bond donors (Lipinski definition) is 2. The average Bonchev–Trinajstić information content (AvgIpc) is 2.51. The van der Waals surface area contributed by atoms with Crippen molar-refractivity contribution in [3.05, 3.63) is 46.1 Å². The summed E-state index contributed by atoms with van der Waals surface area (Å²) in [6.07, 6.45) is 1.62. The minimum atomic E-state index is -0.398. The van der Waals surface area contributed by atoms with Gasteiger partial charge in [0.25, 0.3) is 5.56 Å². The molecule has 0 unspecified atom stereocenters. The van der Waals surface area contributed by atoms with Crippen LogP contribution < -0.4 is 15.6 Å². The fraction of sp³-hybridized carbons (Fsp3) is 0.333. The number of methoxy groups -OCH3 is 1. The van der Waals surface area contributed by atoms with E-state index in [0.717, 1.165) is 0 Å². The molecule has 2 rings (SSSR count). The van der Waals surface area contributed by atoms with Crippen molar-refractivity contribution >= 4 is 17.7 Å². The Morgan fingerprint density at radius 1 is 1.48 bits per heavy atom. The normalized spacial score (nSPS) is 11.8. The Kier molecular flexibility index (Phi) is 5.75. The summed E-state index contributed by atoms with van der Waals surface area (Å²) >= 11 is 1.20. The van der Waals surface area contributed by atoms with Crippen molar-refractivity contribution in [2.45, 2.75) is 30.8 Å². The van der Waals surface area contributed by atoms with Crippen LogP contribution in [-0.2, 0) is 11.3 Å². The van der Waals surface area contributed by atoms with Gasteiger partial charge in [-0.1, -0.05) is 11.8 Å². The molecule has 0 radical (unpaired) electrons. The van der Waals surface area contributed by atoms with Gasteiger partial charge in [-0.15, -0.1) is 0 Å². The molecule has 2 aromatic rings. The molecule has 2 N–H and O–H groups in total. The summed E-state index contributed by atoms with van der Waals surface area (Å²) in [6, 6.07) is 4.91. The van der Waals surface area contributed by atoms with Crippen molar-refractivity contribution in [2.75, 3.05) is 7.11 Å². The SMILES string of the molecule is COc1ccnc(CNC(=O)[C@H](C)Sc2nc(C)cc(=O)[nH]2)c1. The maximum Gasteiger partial charge on any atom is 0.251 e. The van der Waals surface area contributed by atoms with Crippen molar-refractivity contribution < 1.29 is 9.53 Å². The third-order valence-corrected chi connectivity index (χ3v) is 3.96. The highest BCUT2D eigenvalue weighted by atomic mass is 32.2. The summed E-state index contributed by atoms with van der Waals surface area (Å²) in [7, 11) is 1.58. The van der Waals surface area contributed by atoms with Crippen molar-refractivity contribution in [3.63, 3.8) is 0 Å². The largest absolute Gasteiger partial charge is 0.497 e.